The maximum Gasteiger partial charge on any atom is 0.249 e. The highest BCUT2D eigenvalue weighted by Gasteiger charge is 2.22. The number of aliphatic hydroxyl groups is 3. The quantitative estimate of drug-likeness (QED) is 0.0361. The van der Waals surface area contributed by atoms with Gasteiger partial charge < -0.3 is 20.6 Å². The molecule has 0 aromatic rings. The highest BCUT2D eigenvalue weighted by molar-refractivity contribution is 5.80. The number of unbranched alkanes of at least 4 members (excludes halogenated alkanes) is 40. The van der Waals surface area contributed by atoms with E-state index in [4.69, 9.17) is 0 Å². The monoisotopic (exact) mass is 926 g/mol. The lowest BCUT2D eigenvalue weighted by Crippen LogP contribution is -2.48. The summed E-state index contributed by atoms with van der Waals surface area (Å²) >= 11 is 0. The molecule has 5 nitrogen and oxygen atoms in total. The van der Waals surface area contributed by atoms with Crippen LogP contribution in [0.4, 0.5) is 0 Å². The van der Waals surface area contributed by atoms with Crippen LogP contribution in [0, 0.1) is 0 Å². The van der Waals surface area contributed by atoms with Crippen LogP contribution in [0.1, 0.15) is 309 Å². The standard InChI is InChI=1S/C61H115NO4/c1-3-5-7-9-11-13-15-17-19-20-21-22-23-24-25-26-27-28-29-30-31-32-33-34-35-36-37-38-39-40-41-42-44-46-48-50-52-54-56-60(65)61(66)62-58(57-63)59(64)55-53-51-49-47-45-43-18-16-14-12-10-8-6-4-2/h27-28,30-31,45,47,53,55,58-60,63-65H,3-26,29,32-44,46,48-52,54,56-57H2,1-2H3,(H,62,66)/b28-27-,31-30-,47-45+,55-53+. The summed E-state index contributed by atoms with van der Waals surface area (Å²) in [6, 6.07) is -0.815. The Balaban J connectivity index is 3.50. The van der Waals surface area contributed by atoms with Crippen LogP contribution >= 0.6 is 0 Å². The van der Waals surface area contributed by atoms with Crippen molar-refractivity contribution in [3.05, 3.63) is 48.6 Å². The van der Waals surface area contributed by atoms with E-state index in [0.717, 1.165) is 44.9 Å². The van der Waals surface area contributed by atoms with Gasteiger partial charge in [-0.3, -0.25) is 4.79 Å². The van der Waals surface area contributed by atoms with Gasteiger partial charge in [-0.25, -0.2) is 0 Å². The van der Waals surface area contributed by atoms with Crippen molar-refractivity contribution in [3.8, 4) is 0 Å². The second-order valence-corrected chi connectivity index (χ2v) is 20.2. The van der Waals surface area contributed by atoms with Crippen molar-refractivity contribution >= 4 is 5.91 Å². The molecule has 0 aromatic carbocycles. The molecule has 0 heterocycles. The molecule has 0 fully saturated rings. The fourth-order valence-corrected chi connectivity index (χ4v) is 9.06. The molecule has 0 aromatic heterocycles. The number of nitrogens with one attached hydrogen (secondary N) is 1. The summed E-state index contributed by atoms with van der Waals surface area (Å²) in [5, 5.41) is 33.2. The molecule has 0 bridgehead atoms. The van der Waals surface area contributed by atoms with Gasteiger partial charge in [0.1, 0.15) is 6.10 Å². The van der Waals surface area contributed by atoms with Crippen molar-refractivity contribution in [1.82, 2.24) is 5.32 Å². The molecule has 1 amide bonds. The zero-order valence-corrected chi connectivity index (χ0v) is 44.3. The van der Waals surface area contributed by atoms with Crippen molar-refractivity contribution in [3.63, 3.8) is 0 Å². The van der Waals surface area contributed by atoms with Gasteiger partial charge in [-0.15, -0.1) is 0 Å². The van der Waals surface area contributed by atoms with Crippen molar-refractivity contribution in [1.29, 1.82) is 0 Å². The van der Waals surface area contributed by atoms with E-state index in [0.29, 0.717) is 6.42 Å². The van der Waals surface area contributed by atoms with Crippen LogP contribution in [-0.4, -0.2) is 46.1 Å². The molecule has 388 valence electrons. The molecule has 4 N–H and O–H groups in total. The predicted octanol–water partition coefficient (Wildman–Crippen LogP) is 18.4. The Bertz CT molecular complexity index is 1070. The second-order valence-electron chi connectivity index (χ2n) is 20.2. The van der Waals surface area contributed by atoms with Gasteiger partial charge in [0, 0.05) is 0 Å². The molecule has 5 heteroatoms. The fraction of sp³-hybridized carbons (Fsp3) is 0.852. The second kappa shape index (κ2) is 55.9. The Kier molecular flexibility index (Phi) is 54.5. The van der Waals surface area contributed by atoms with Crippen LogP contribution in [-0.2, 0) is 4.79 Å². The van der Waals surface area contributed by atoms with Gasteiger partial charge >= 0.3 is 0 Å². The van der Waals surface area contributed by atoms with E-state index in [1.54, 1.807) is 6.08 Å². The lowest BCUT2D eigenvalue weighted by Gasteiger charge is -2.21. The average molecular weight is 927 g/mol. The average Bonchev–Trinajstić information content (AvgIpc) is 3.32. The van der Waals surface area contributed by atoms with E-state index in [1.165, 1.54) is 244 Å². The third-order valence-electron chi connectivity index (χ3n) is 13.6. The van der Waals surface area contributed by atoms with Crippen LogP contribution in [0.25, 0.3) is 0 Å². The summed E-state index contributed by atoms with van der Waals surface area (Å²) in [6.07, 6.45) is 75.0. The number of rotatable bonds is 54. The number of hydrogen-bond acceptors (Lipinski definition) is 4. The Morgan fingerprint density at radius 3 is 1.02 bits per heavy atom. The summed E-state index contributed by atoms with van der Waals surface area (Å²) in [4.78, 5) is 12.5. The highest BCUT2D eigenvalue weighted by atomic mass is 16.3. The molecule has 0 saturated carbocycles. The van der Waals surface area contributed by atoms with Gasteiger partial charge in [0.15, 0.2) is 0 Å². The minimum absolute atomic E-state index is 0.376. The third kappa shape index (κ3) is 50.2. The Labute approximate surface area is 412 Å². The van der Waals surface area contributed by atoms with E-state index >= 15 is 0 Å². The van der Waals surface area contributed by atoms with E-state index in [9.17, 15) is 20.1 Å². The lowest BCUT2D eigenvalue weighted by atomic mass is 10.0. The van der Waals surface area contributed by atoms with Gasteiger partial charge in [-0.05, 0) is 64.2 Å². The number of amides is 1. The molecule has 0 aliphatic rings. The topological polar surface area (TPSA) is 89.8 Å². The smallest absolute Gasteiger partial charge is 0.249 e. The third-order valence-corrected chi connectivity index (χ3v) is 13.6. The summed E-state index contributed by atoms with van der Waals surface area (Å²) in [5.41, 5.74) is 0. The molecule has 0 rings (SSSR count). The maximum atomic E-state index is 12.5. The molecule has 0 radical (unpaired) electrons. The van der Waals surface area contributed by atoms with Gasteiger partial charge in [-0.2, -0.15) is 0 Å². The van der Waals surface area contributed by atoms with E-state index in [1.807, 2.05) is 6.08 Å². The largest absolute Gasteiger partial charge is 0.394 e. The Morgan fingerprint density at radius 2 is 0.667 bits per heavy atom. The minimum Gasteiger partial charge on any atom is -0.394 e. The summed E-state index contributed by atoms with van der Waals surface area (Å²) < 4.78 is 0. The molecule has 3 atom stereocenters. The van der Waals surface area contributed by atoms with E-state index in [-0.39, 0.29) is 6.61 Å². The molecule has 66 heavy (non-hydrogen) atoms. The van der Waals surface area contributed by atoms with Crippen molar-refractivity contribution in [2.24, 2.45) is 0 Å². The zero-order chi connectivity index (χ0) is 47.9. The first kappa shape index (κ1) is 64.3. The molecular weight excluding hydrogens is 811 g/mol. The van der Waals surface area contributed by atoms with Gasteiger partial charge in [0.25, 0.3) is 0 Å². The SMILES string of the molecule is CCCCCCCCCC/C=C/CC/C=C/C(O)C(CO)NC(=O)C(O)CCCCCCCCCCCCCCCCCC/C=C\C/C=C\CCCCCCCCCCCCCCCCC. The zero-order valence-electron chi connectivity index (χ0n) is 44.3. The van der Waals surface area contributed by atoms with Crippen molar-refractivity contribution in [2.45, 2.75) is 327 Å². The fourth-order valence-electron chi connectivity index (χ4n) is 9.06. The first-order valence-electron chi connectivity index (χ1n) is 29.5. The summed E-state index contributed by atoms with van der Waals surface area (Å²) in [6.45, 7) is 4.18. The molecule has 0 aliphatic carbocycles. The number of carbonyl (C=O) groups excluding carboxylic acids is 1. The predicted molar refractivity (Wildman–Crippen MR) is 291 cm³/mol. The van der Waals surface area contributed by atoms with Crippen molar-refractivity contribution in [2.75, 3.05) is 6.61 Å². The summed E-state index contributed by atoms with van der Waals surface area (Å²) in [5.74, 6) is -0.511. The molecule has 0 aliphatic heterocycles. The number of allylic oxidation sites excluding steroid dienone is 7. The Morgan fingerprint density at radius 1 is 0.379 bits per heavy atom. The molecular formula is C61H115NO4. The highest BCUT2D eigenvalue weighted by Crippen LogP contribution is 2.17. The number of aliphatic hydroxyl groups excluding tert-OH is 3. The maximum absolute atomic E-state index is 12.5. The van der Waals surface area contributed by atoms with Gasteiger partial charge in [0.05, 0.1) is 18.8 Å². The van der Waals surface area contributed by atoms with Gasteiger partial charge in [-0.1, -0.05) is 294 Å². The van der Waals surface area contributed by atoms with E-state index in [2.05, 4.69) is 55.6 Å². The van der Waals surface area contributed by atoms with Crippen LogP contribution < -0.4 is 5.32 Å². The normalized spacial score (nSPS) is 13.6. The number of carbonyl (C=O) groups is 1. The lowest BCUT2D eigenvalue weighted by molar-refractivity contribution is -0.131. The minimum atomic E-state index is -1.11. The first-order valence-corrected chi connectivity index (χ1v) is 29.5. The van der Waals surface area contributed by atoms with Crippen LogP contribution in [0.2, 0.25) is 0 Å². The van der Waals surface area contributed by atoms with Crippen molar-refractivity contribution < 1.29 is 20.1 Å². The molecule has 3 unspecified atom stereocenters. The van der Waals surface area contributed by atoms with Gasteiger partial charge in [0.2, 0.25) is 5.91 Å². The van der Waals surface area contributed by atoms with Crippen LogP contribution in [0.3, 0.4) is 0 Å². The van der Waals surface area contributed by atoms with E-state index < -0.39 is 24.2 Å². The Hall–Kier alpha value is -1.69. The summed E-state index contributed by atoms with van der Waals surface area (Å²) in [7, 11) is 0. The first-order chi connectivity index (χ1) is 32.6. The van der Waals surface area contributed by atoms with Crippen LogP contribution in [0.5, 0.6) is 0 Å². The van der Waals surface area contributed by atoms with Crippen LogP contribution in [0.15, 0.2) is 48.6 Å². The molecule has 0 saturated heterocycles. The number of hydrogen-bond donors (Lipinski definition) is 4. The molecule has 0 spiro atoms.